The first kappa shape index (κ1) is 12.3. The molecular weight excluding hydrogens is 205 g/mol. The molecule has 0 aliphatic heterocycles. The molecule has 13 heavy (non-hydrogen) atoms. The SMILES string of the molecule is CN(CCOCC(=O)[O-])S(=O)(=O)F. The van der Waals surface area contributed by atoms with Gasteiger partial charge in [0.15, 0.2) is 0 Å². The van der Waals surface area contributed by atoms with Crippen LogP contribution in [-0.2, 0) is 19.9 Å². The van der Waals surface area contributed by atoms with E-state index in [0.29, 0.717) is 4.31 Å². The molecule has 0 amide bonds. The second kappa shape index (κ2) is 5.10. The number of hydrogen-bond acceptors (Lipinski definition) is 5. The molecule has 0 aromatic heterocycles. The molecule has 0 heterocycles. The van der Waals surface area contributed by atoms with E-state index in [1.807, 2.05) is 0 Å². The zero-order valence-electron chi connectivity index (χ0n) is 6.90. The van der Waals surface area contributed by atoms with Crippen LogP contribution >= 0.6 is 0 Å². The van der Waals surface area contributed by atoms with Gasteiger partial charge >= 0.3 is 10.4 Å². The van der Waals surface area contributed by atoms with Crippen LogP contribution in [0.2, 0.25) is 0 Å². The fourth-order valence-electron chi connectivity index (χ4n) is 0.458. The Bertz CT molecular complexity index is 264. The van der Waals surface area contributed by atoms with E-state index in [4.69, 9.17) is 0 Å². The number of halogens is 1. The average molecular weight is 214 g/mol. The van der Waals surface area contributed by atoms with Gasteiger partial charge in [0.25, 0.3) is 0 Å². The number of rotatable bonds is 6. The molecule has 0 unspecified atom stereocenters. The summed E-state index contributed by atoms with van der Waals surface area (Å²) < 4.78 is 37.2. The fourth-order valence-corrected chi connectivity index (χ4v) is 0.750. The van der Waals surface area contributed by atoms with Crippen molar-refractivity contribution in [3.63, 3.8) is 0 Å². The lowest BCUT2D eigenvalue weighted by Gasteiger charge is -2.11. The quantitative estimate of drug-likeness (QED) is 0.373. The predicted molar refractivity (Wildman–Crippen MR) is 38.5 cm³/mol. The maximum Gasteiger partial charge on any atom is 0.374 e. The lowest BCUT2D eigenvalue weighted by atomic mass is 10.7. The van der Waals surface area contributed by atoms with Crippen LogP contribution < -0.4 is 5.11 Å². The van der Waals surface area contributed by atoms with E-state index in [-0.39, 0.29) is 13.2 Å². The van der Waals surface area contributed by atoms with E-state index < -0.39 is 23.0 Å². The topological polar surface area (TPSA) is 86.7 Å². The average Bonchev–Trinajstić information content (AvgIpc) is 1.95. The summed E-state index contributed by atoms with van der Waals surface area (Å²) in [5, 5.41) is 9.80. The Kier molecular flexibility index (Phi) is 4.81. The van der Waals surface area contributed by atoms with Gasteiger partial charge in [-0.15, -0.1) is 0 Å². The van der Waals surface area contributed by atoms with Crippen molar-refractivity contribution in [2.24, 2.45) is 0 Å². The highest BCUT2D eigenvalue weighted by Gasteiger charge is 2.14. The molecule has 6 nitrogen and oxygen atoms in total. The van der Waals surface area contributed by atoms with Crippen molar-refractivity contribution >= 4 is 16.4 Å². The Morgan fingerprint density at radius 1 is 1.62 bits per heavy atom. The highest BCUT2D eigenvalue weighted by molar-refractivity contribution is 7.83. The van der Waals surface area contributed by atoms with Crippen molar-refractivity contribution < 1.29 is 26.9 Å². The molecule has 0 aliphatic carbocycles. The molecule has 0 radical (unpaired) electrons. The number of ether oxygens (including phenoxy) is 1. The largest absolute Gasteiger partial charge is 0.548 e. The zero-order chi connectivity index (χ0) is 10.5. The van der Waals surface area contributed by atoms with Gasteiger partial charge in [-0.25, -0.2) is 0 Å². The Balaban J connectivity index is 3.61. The molecule has 0 saturated carbocycles. The highest BCUT2D eigenvalue weighted by Crippen LogP contribution is 1.97. The highest BCUT2D eigenvalue weighted by atomic mass is 32.3. The molecule has 0 rings (SSSR count). The van der Waals surface area contributed by atoms with E-state index in [0.717, 1.165) is 7.05 Å². The van der Waals surface area contributed by atoms with Crippen LogP contribution in [0.5, 0.6) is 0 Å². The van der Waals surface area contributed by atoms with Gasteiger partial charge in [0.05, 0.1) is 19.2 Å². The summed E-state index contributed by atoms with van der Waals surface area (Å²) in [4.78, 5) is 9.80. The summed E-state index contributed by atoms with van der Waals surface area (Å²) in [6.07, 6.45) is 0. The molecule has 0 spiro atoms. The van der Waals surface area contributed by atoms with Gasteiger partial charge in [-0.2, -0.15) is 12.7 Å². The third kappa shape index (κ3) is 6.43. The van der Waals surface area contributed by atoms with Crippen LogP contribution in [0.3, 0.4) is 0 Å². The maximum atomic E-state index is 12.1. The lowest BCUT2D eigenvalue weighted by molar-refractivity contribution is -0.309. The van der Waals surface area contributed by atoms with Gasteiger partial charge in [-0.05, 0) is 0 Å². The third-order valence-corrected chi connectivity index (χ3v) is 2.07. The molecule has 8 heteroatoms. The van der Waals surface area contributed by atoms with E-state index in [2.05, 4.69) is 4.74 Å². The first-order valence-corrected chi connectivity index (χ1v) is 4.61. The van der Waals surface area contributed by atoms with E-state index in [1.165, 1.54) is 0 Å². The summed E-state index contributed by atoms with van der Waals surface area (Å²) in [5.41, 5.74) is 0. The smallest absolute Gasteiger partial charge is 0.374 e. The number of carboxylic acid groups (broad SMARTS) is 1. The summed E-state index contributed by atoms with van der Waals surface area (Å²) in [7, 11) is -3.70. The standard InChI is InChI=1S/C5H10FNO5S/c1-7(13(6,10)11)2-3-12-4-5(8)9/h2-4H2,1H3,(H,8,9)/p-1. The molecule has 0 atom stereocenters. The Morgan fingerprint density at radius 2 is 2.15 bits per heavy atom. The predicted octanol–water partition coefficient (Wildman–Crippen LogP) is -2.10. The van der Waals surface area contributed by atoms with Gasteiger partial charge in [0.1, 0.15) is 0 Å². The van der Waals surface area contributed by atoms with Crippen LogP contribution in [0, 0.1) is 0 Å². The molecule has 0 bridgehead atoms. The zero-order valence-corrected chi connectivity index (χ0v) is 7.71. The number of carbonyl (C=O) groups excluding carboxylic acids is 1. The normalized spacial score (nSPS) is 11.9. The van der Waals surface area contributed by atoms with Gasteiger partial charge in [-0.1, -0.05) is 3.89 Å². The molecule has 0 fully saturated rings. The minimum atomic E-state index is -4.71. The number of carboxylic acids is 1. The fraction of sp³-hybridized carbons (Fsp3) is 0.800. The van der Waals surface area contributed by atoms with Crippen LogP contribution in [0.4, 0.5) is 3.89 Å². The van der Waals surface area contributed by atoms with Crippen molar-refractivity contribution in [3.8, 4) is 0 Å². The van der Waals surface area contributed by atoms with Gasteiger partial charge in [-0.3, -0.25) is 0 Å². The molecular formula is C5H9FNO5S-. The lowest BCUT2D eigenvalue weighted by Crippen LogP contribution is -2.31. The Labute approximate surface area is 75.2 Å². The Morgan fingerprint density at radius 3 is 2.54 bits per heavy atom. The monoisotopic (exact) mass is 214 g/mol. The summed E-state index contributed by atoms with van der Waals surface area (Å²) in [6, 6.07) is 0. The van der Waals surface area contributed by atoms with E-state index in [1.54, 1.807) is 0 Å². The molecule has 0 aromatic carbocycles. The Hall–Kier alpha value is -0.730. The summed E-state index contributed by atoms with van der Waals surface area (Å²) >= 11 is 0. The molecule has 0 saturated heterocycles. The third-order valence-electron chi connectivity index (χ3n) is 1.14. The van der Waals surface area contributed by atoms with Crippen molar-refractivity contribution in [2.75, 3.05) is 26.8 Å². The first-order chi connectivity index (χ1) is 5.84. The van der Waals surface area contributed by atoms with Crippen LogP contribution in [-0.4, -0.2) is 45.5 Å². The molecule has 0 aromatic rings. The number of likely N-dealkylation sites (N-methyl/N-ethyl adjacent to an activating group) is 1. The van der Waals surface area contributed by atoms with Gasteiger partial charge in [0.2, 0.25) is 0 Å². The van der Waals surface area contributed by atoms with Crippen molar-refractivity contribution in [2.45, 2.75) is 0 Å². The number of nitrogens with zero attached hydrogens (tertiary/aromatic N) is 1. The second-order valence-corrected chi connectivity index (χ2v) is 3.64. The van der Waals surface area contributed by atoms with Crippen molar-refractivity contribution in [1.29, 1.82) is 0 Å². The number of aliphatic carboxylic acids is 1. The maximum absolute atomic E-state index is 12.1. The van der Waals surface area contributed by atoms with Crippen LogP contribution in [0.1, 0.15) is 0 Å². The minimum absolute atomic E-state index is 0.201. The van der Waals surface area contributed by atoms with Crippen molar-refractivity contribution in [1.82, 2.24) is 4.31 Å². The summed E-state index contributed by atoms with van der Waals surface area (Å²) in [5.74, 6) is -1.41. The van der Waals surface area contributed by atoms with E-state index in [9.17, 15) is 22.2 Å². The number of carbonyl (C=O) groups is 1. The van der Waals surface area contributed by atoms with E-state index >= 15 is 0 Å². The van der Waals surface area contributed by atoms with Crippen LogP contribution in [0.15, 0.2) is 0 Å². The molecule has 78 valence electrons. The van der Waals surface area contributed by atoms with Crippen LogP contribution in [0.25, 0.3) is 0 Å². The molecule has 0 aliphatic rings. The minimum Gasteiger partial charge on any atom is -0.548 e. The molecule has 0 N–H and O–H groups in total. The number of hydrogen-bond donors (Lipinski definition) is 0. The summed E-state index contributed by atoms with van der Waals surface area (Å²) in [6.45, 7) is -1.08. The van der Waals surface area contributed by atoms with Gasteiger partial charge in [0, 0.05) is 13.6 Å². The van der Waals surface area contributed by atoms with Crippen molar-refractivity contribution in [3.05, 3.63) is 0 Å². The second-order valence-electron chi connectivity index (χ2n) is 2.19. The van der Waals surface area contributed by atoms with Gasteiger partial charge < -0.3 is 14.6 Å². The first-order valence-electron chi connectivity index (χ1n) is 3.27.